The van der Waals surface area contributed by atoms with Gasteiger partial charge in [-0.1, -0.05) is 18.7 Å². The molecule has 0 radical (unpaired) electrons. The molecule has 1 aromatic carbocycles. The van der Waals surface area contributed by atoms with E-state index in [1.165, 1.54) is 5.56 Å². The summed E-state index contributed by atoms with van der Waals surface area (Å²) in [6.07, 6.45) is 1.02. The third kappa shape index (κ3) is 6.42. The summed E-state index contributed by atoms with van der Waals surface area (Å²) in [5, 5.41) is 3.32. The smallest absolute Gasteiger partial charge is 0.119 e. The molecule has 1 N–H and O–H groups in total. The second kappa shape index (κ2) is 8.72. The van der Waals surface area contributed by atoms with E-state index in [-0.39, 0.29) is 0 Å². The van der Waals surface area contributed by atoms with Crippen molar-refractivity contribution in [3.05, 3.63) is 42.0 Å². The molecule has 18 heavy (non-hydrogen) atoms. The van der Waals surface area contributed by atoms with Gasteiger partial charge in [0.1, 0.15) is 12.4 Å². The Morgan fingerprint density at radius 1 is 1.22 bits per heavy atom. The van der Waals surface area contributed by atoms with Crippen LogP contribution in [0, 0.1) is 0 Å². The van der Waals surface area contributed by atoms with E-state index in [2.05, 4.69) is 24.0 Å². The minimum absolute atomic E-state index is 0.581. The molecule has 0 spiro atoms. The molecule has 0 fully saturated rings. The van der Waals surface area contributed by atoms with Crippen molar-refractivity contribution in [3.63, 3.8) is 0 Å². The molecule has 100 valence electrons. The summed E-state index contributed by atoms with van der Waals surface area (Å²) in [5.74, 6) is 0.897. The molecular weight excluding hydrogens is 226 g/mol. The zero-order valence-electron chi connectivity index (χ0n) is 11.4. The summed E-state index contributed by atoms with van der Waals surface area (Å²) in [6.45, 7) is 8.97. The van der Waals surface area contributed by atoms with E-state index in [4.69, 9.17) is 9.47 Å². The van der Waals surface area contributed by atoms with Crippen molar-refractivity contribution in [2.75, 3.05) is 33.4 Å². The maximum Gasteiger partial charge on any atom is 0.119 e. The molecule has 1 rings (SSSR count). The first kappa shape index (κ1) is 14.7. The van der Waals surface area contributed by atoms with Crippen LogP contribution in [0.15, 0.2) is 36.4 Å². The monoisotopic (exact) mass is 249 g/mol. The molecule has 0 saturated heterocycles. The summed E-state index contributed by atoms with van der Waals surface area (Å²) < 4.78 is 10.5. The molecule has 0 aliphatic carbocycles. The fraction of sp³-hybridized carbons (Fsp3) is 0.467. The van der Waals surface area contributed by atoms with Gasteiger partial charge in [0.15, 0.2) is 0 Å². The Morgan fingerprint density at radius 3 is 2.56 bits per heavy atom. The Hall–Kier alpha value is -1.32. The molecule has 0 atom stereocenters. The molecule has 3 heteroatoms. The summed E-state index contributed by atoms with van der Waals surface area (Å²) in [7, 11) is 1.71. The Balaban J connectivity index is 2.25. The first-order valence-electron chi connectivity index (χ1n) is 6.28. The highest BCUT2D eigenvalue weighted by atomic mass is 16.5. The second-order valence-electron chi connectivity index (χ2n) is 4.38. The molecule has 0 aromatic heterocycles. The molecule has 3 nitrogen and oxygen atoms in total. The zero-order valence-corrected chi connectivity index (χ0v) is 11.4. The minimum Gasteiger partial charge on any atom is -0.489 e. The van der Waals surface area contributed by atoms with Crippen LogP contribution in [0.2, 0.25) is 0 Å². The van der Waals surface area contributed by atoms with E-state index in [9.17, 15) is 0 Å². The lowest BCUT2D eigenvalue weighted by Gasteiger charge is -2.07. The topological polar surface area (TPSA) is 30.5 Å². The van der Waals surface area contributed by atoms with E-state index in [1.807, 2.05) is 19.1 Å². The third-order valence-electron chi connectivity index (χ3n) is 2.48. The Labute approximate surface area is 110 Å². The van der Waals surface area contributed by atoms with E-state index in [0.717, 1.165) is 37.4 Å². The molecule has 0 saturated carbocycles. The highest BCUT2D eigenvalue weighted by Crippen LogP contribution is 2.13. The molecule has 0 aliphatic heterocycles. The summed E-state index contributed by atoms with van der Waals surface area (Å²) >= 11 is 0. The highest BCUT2D eigenvalue weighted by Gasteiger charge is 1.96. The van der Waals surface area contributed by atoms with Crippen molar-refractivity contribution in [2.24, 2.45) is 0 Å². The van der Waals surface area contributed by atoms with Crippen molar-refractivity contribution in [1.29, 1.82) is 0 Å². The van der Waals surface area contributed by atoms with Crippen molar-refractivity contribution < 1.29 is 9.47 Å². The van der Waals surface area contributed by atoms with Crippen LogP contribution in [-0.4, -0.2) is 33.4 Å². The zero-order chi connectivity index (χ0) is 13.2. The lowest BCUT2D eigenvalue weighted by Crippen LogP contribution is -2.21. The molecule has 0 amide bonds. The molecule has 0 unspecified atom stereocenters. The van der Waals surface area contributed by atoms with Crippen LogP contribution in [0.25, 0.3) is 0 Å². The highest BCUT2D eigenvalue weighted by molar-refractivity contribution is 5.27. The van der Waals surface area contributed by atoms with Gasteiger partial charge in [-0.25, -0.2) is 0 Å². The van der Waals surface area contributed by atoms with Gasteiger partial charge in [-0.05, 0) is 43.2 Å². The SMILES string of the molecule is C=C(C)COc1ccc(CCNCCOC)cc1. The maximum absolute atomic E-state index is 5.55. The predicted molar refractivity (Wildman–Crippen MR) is 75.2 cm³/mol. The largest absolute Gasteiger partial charge is 0.489 e. The predicted octanol–water partition coefficient (Wildman–Crippen LogP) is 2.42. The van der Waals surface area contributed by atoms with Crippen LogP contribution >= 0.6 is 0 Å². The molecule has 0 bridgehead atoms. The van der Waals surface area contributed by atoms with Gasteiger partial charge in [-0.2, -0.15) is 0 Å². The Kier molecular flexibility index (Phi) is 7.14. The number of hydrogen-bond acceptors (Lipinski definition) is 3. The van der Waals surface area contributed by atoms with Crippen LogP contribution < -0.4 is 10.1 Å². The van der Waals surface area contributed by atoms with Crippen LogP contribution in [0.5, 0.6) is 5.75 Å². The van der Waals surface area contributed by atoms with Crippen LogP contribution in [0.1, 0.15) is 12.5 Å². The number of ether oxygens (including phenoxy) is 2. The first-order chi connectivity index (χ1) is 8.72. The molecule has 0 aliphatic rings. The Morgan fingerprint density at radius 2 is 1.94 bits per heavy atom. The van der Waals surface area contributed by atoms with Crippen molar-refractivity contribution in [1.82, 2.24) is 5.32 Å². The average molecular weight is 249 g/mol. The van der Waals surface area contributed by atoms with Gasteiger partial charge in [0, 0.05) is 13.7 Å². The normalized spacial score (nSPS) is 10.3. The number of nitrogens with one attached hydrogen (secondary N) is 1. The van der Waals surface area contributed by atoms with Crippen LogP contribution in [-0.2, 0) is 11.2 Å². The third-order valence-corrected chi connectivity index (χ3v) is 2.48. The Bertz CT molecular complexity index is 346. The van der Waals surface area contributed by atoms with E-state index in [0.29, 0.717) is 6.61 Å². The van der Waals surface area contributed by atoms with Gasteiger partial charge in [-0.3, -0.25) is 0 Å². The second-order valence-corrected chi connectivity index (χ2v) is 4.38. The van der Waals surface area contributed by atoms with Gasteiger partial charge < -0.3 is 14.8 Å². The van der Waals surface area contributed by atoms with E-state index in [1.54, 1.807) is 7.11 Å². The van der Waals surface area contributed by atoms with E-state index < -0.39 is 0 Å². The van der Waals surface area contributed by atoms with Crippen molar-refractivity contribution >= 4 is 0 Å². The van der Waals surface area contributed by atoms with Crippen LogP contribution in [0.3, 0.4) is 0 Å². The number of benzene rings is 1. The number of rotatable bonds is 9. The van der Waals surface area contributed by atoms with Crippen molar-refractivity contribution in [3.8, 4) is 5.75 Å². The van der Waals surface area contributed by atoms with Gasteiger partial charge in [0.25, 0.3) is 0 Å². The maximum atomic E-state index is 5.55. The van der Waals surface area contributed by atoms with E-state index >= 15 is 0 Å². The van der Waals surface area contributed by atoms with Gasteiger partial charge in [0.2, 0.25) is 0 Å². The molecular formula is C15H23NO2. The van der Waals surface area contributed by atoms with Crippen molar-refractivity contribution in [2.45, 2.75) is 13.3 Å². The fourth-order valence-corrected chi connectivity index (χ4v) is 1.49. The lowest BCUT2D eigenvalue weighted by atomic mass is 10.1. The summed E-state index contributed by atoms with van der Waals surface area (Å²) in [4.78, 5) is 0. The fourth-order valence-electron chi connectivity index (χ4n) is 1.49. The number of hydrogen-bond donors (Lipinski definition) is 1. The molecule has 0 heterocycles. The molecule has 1 aromatic rings. The number of methoxy groups -OCH3 is 1. The van der Waals surface area contributed by atoms with Crippen LogP contribution in [0.4, 0.5) is 0 Å². The van der Waals surface area contributed by atoms with Gasteiger partial charge in [-0.15, -0.1) is 0 Å². The summed E-state index contributed by atoms with van der Waals surface area (Å²) in [5.41, 5.74) is 2.34. The van der Waals surface area contributed by atoms with Gasteiger partial charge >= 0.3 is 0 Å². The summed E-state index contributed by atoms with van der Waals surface area (Å²) in [6, 6.07) is 8.22. The van der Waals surface area contributed by atoms with Gasteiger partial charge in [0.05, 0.1) is 6.61 Å². The quantitative estimate of drug-likeness (QED) is 0.538. The lowest BCUT2D eigenvalue weighted by molar-refractivity contribution is 0.199. The standard InChI is InChI=1S/C15H23NO2/c1-13(2)12-18-15-6-4-14(5-7-15)8-9-16-10-11-17-3/h4-7,16H,1,8-12H2,2-3H3. The first-order valence-corrected chi connectivity index (χ1v) is 6.28. The average Bonchev–Trinajstić information content (AvgIpc) is 2.37. The minimum atomic E-state index is 0.581.